The molecule has 0 radical (unpaired) electrons. The van der Waals surface area contributed by atoms with Gasteiger partial charge in [0.25, 0.3) is 0 Å². The first-order valence-corrected chi connectivity index (χ1v) is 19.8. The Bertz CT molecular complexity index is 2750. The van der Waals surface area contributed by atoms with Crippen molar-refractivity contribution in [2.75, 3.05) is 0 Å². The van der Waals surface area contributed by atoms with Crippen molar-refractivity contribution in [1.82, 2.24) is 15.0 Å². The second kappa shape index (κ2) is 11.5. The molecule has 0 amide bonds. The van der Waals surface area contributed by atoms with Gasteiger partial charge in [-0.1, -0.05) is 140 Å². The van der Waals surface area contributed by atoms with Gasteiger partial charge in [0.1, 0.15) is 0 Å². The molecule has 0 saturated heterocycles. The Morgan fingerprint density at radius 3 is 1.70 bits per heavy atom. The predicted molar refractivity (Wildman–Crippen MR) is 220 cm³/mol. The van der Waals surface area contributed by atoms with Gasteiger partial charge in [-0.3, -0.25) is 0 Å². The second-order valence-electron chi connectivity index (χ2n) is 16.4. The number of nitrogens with zero attached hydrogens (tertiary/aromatic N) is 3. The van der Waals surface area contributed by atoms with Gasteiger partial charge in [-0.2, -0.15) is 0 Å². The zero-order chi connectivity index (χ0) is 35.4. The minimum atomic E-state index is 0.0414. The molecule has 5 aliphatic carbocycles. The van der Waals surface area contributed by atoms with E-state index >= 15 is 0 Å². The van der Waals surface area contributed by atoms with Crippen LogP contribution >= 0.6 is 0 Å². The zero-order valence-electron chi connectivity index (χ0n) is 30.1. The van der Waals surface area contributed by atoms with Crippen molar-refractivity contribution in [2.45, 2.75) is 37.5 Å². The summed E-state index contributed by atoms with van der Waals surface area (Å²) in [5.74, 6) is 5.27. The summed E-state index contributed by atoms with van der Waals surface area (Å²) < 4.78 is 0. The molecule has 3 heteroatoms. The van der Waals surface area contributed by atoms with Gasteiger partial charge in [-0.15, -0.1) is 0 Å². The second-order valence-corrected chi connectivity index (χ2v) is 16.4. The largest absolute Gasteiger partial charge is 0.208 e. The lowest BCUT2D eigenvalue weighted by atomic mass is 9.43. The van der Waals surface area contributed by atoms with Crippen LogP contribution in [-0.2, 0) is 5.41 Å². The smallest absolute Gasteiger partial charge is 0.164 e. The Morgan fingerprint density at radius 1 is 0.389 bits per heavy atom. The van der Waals surface area contributed by atoms with Crippen molar-refractivity contribution in [3.05, 3.63) is 163 Å². The summed E-state index contributed by atoms with van der Waals surface area (Å²) in [7, 11) is 0. The fraction of sp³-hybridized carbons (Fsp3) is 0.196. The molecule has 0 aliphatic heterocycles. The van der Waals surface area contributed by atoms with Crippen molar-refractivity contribution < 1.29 is 0 Å². The molecule has 54 heavy (non-hydrogen) atoms. The highest BCUT2D eigenvalue weighted by Crippen LogP contribution is 2.70. The monoisotopic (exact) mass is 693 g/mol. The van der Waals surface area contributed by atoms with Crippen LogP contribution in [0, 0.1) is 23.7 Å². The number of benzene rings is 7. The van der Waals surface area contributed by atoms with Gasteiger partial charge in [0, 0.05) is 22.1 Å². The normalized spacial score (nSPS) is 23.3. The SMILES string of the molecule is c1ccc(-c2ccc(-c3nc(-c4cccc5c4-c4cc6ccccc6cc4C54C5CC6CC(C5)CC4C6)nc(-c4cccc5ccccc45)n3)cc2)cc1. The highest BCUT2D eigenvalue weighted by atomic mass is 15.0. The first kappa shape index (κ1) is 30.5. The maximum atomic E-state index is 5.43. The third-order valence-electron chi connectivity index (χ3n) is 13.7. The van der Waals surface area contributed by atoms with E-state index in [2.05, 4.69) is 152 Å². The molecule has 258 valence electrons. The highest BCUT2D eigenvalue weighted by molar-refractivity contribution is 5.99. The molecule has 3 nitrogen and oxygen atoms in total. The number of fused-ring (bicyclic) bond motifs is 5. The fourth-order valence-electron chi connectivity index (χ4n) is 11.7. The summed E-state index contributed by atoms with van der Waals surface area (Å²) in [6.07, 6.45) is 6.84. The molecule has 4 fully saturated rings. The molecule has 1 heterocycles. The first-order valence-electron chi connectivity index (χ1n) is 19.8. The van der Waals surface area contributed by atoms with E-state index in [0.29, 0.717) is 23.5 Å². The first-order chi connectivity index (χ1) is 26.7. The van der Waals surface area contributed by atoms with E-state index in [1.807, 2.05) is 0 Å². The summed E-state index contributed by atoms with van der Waals surface area (Å²) in [5.41, 5.74) is 11.3. The molecule has 1 aromatic heterocycles. The Kier molecular flexibility index (Phi) is 6.52. The molecule has 1 spiro atoms. The Morgan fingerprint density at radius 2 is 0.944 bits per heavy atom. The lowest BCUT2D eigenvalue weighted by Gasteiger charge is -2.61. The van der Waals surface area contributed by atoms with Crippen molar-refractivity contribution in [2.24, 2.45) is 23.7 Å². The molecule has 8 aromatic rings. The van der Waals surface area contributed by atoms with Crippen LogP contribution in [-0.4, -0.2) is 15.0 Å². The van der Waals surface area contributed by atoms with Gasteiger partial charge in [0.05, 0.1) is 0 Å². The van der Waals surface area contributed by atoms with Gasteiger partial charge >= 0.3 is 0 Å². The maximum Gasteiger partial charge on any atom is 0.164 e. The number of aromatic nitrogens is 3. The number of hydrogen-bond acceptors (Lipinski definition) is 3. The molecule has 0 atom stereocenters. The number of rotatable bonds is 4. The van der Waals surface area contributed by atoms with Gasteiger partial charge in [-0.25, -0.2) is 15.0 Å². The minimum Gasteiger partial charge on any atom is -0.208 e. The minimum absolute atomic E-state index is 0.0414. The Hall–Kier alpha value is -5.93. The topological polar surface area (TPSA) is 38.7 Å². The van der Waals surface area contributed by atoms with E-state index in [0.717, 1.165) is 39.7 Å². The van der Waals surface area contributed by atoms with E-state index in [-0.39, 0.29) is 5.41 Å². The van der Waals surface area contributed by atoms with Crippen molar-refractivity contribution in [1.29, 1.82) is 0 Å². The molecular formula is C51H39N3. The summed E-state index contributed by atoms with van der Waals surface area (Å²) in [4.78, 5) is 16.1. The molecule has 7 aromatic carbocycles. The van der Waals surface area contributed by atoms with Gasteiger partial charge in [-0.05, 0) is 123 Å². The fourth-order valence-corrected chi connectivity index (χ4v) is 11.7. The van der Waals surface area contributed by atoms with Gasteiger partial charge in [0.15, 0.2) is 17.5 Å². The van der Waals surface area contributed by atoms with Crippen LogP contribution in [0.2, 0.25) is 0 Å². The third kappa shape index (κ3) is 4.39. The molecule has 0 N–H and O–H groups in total. The summed E-state index contributed by atoms with van der Waals surface area (Å²) in [6.45, 7) is 0. The van der Waals surface area contributed by atoms with E-state index < -0.39 is 0 Å². The van der Waals surface area contributed by atoms with Crippen LogP contribution in [0.4, 0.5) is 0 Å². The van der Waals surface area contributed by atoms with Gasteiger partial charge < -0.3 is 0 Å². The van der Waals surface area contributed by atoms with E-state index in [4.69, 9.17) is 15.0 Å². The van der Waals surface area contributed by atoms with Crippen molar-refractivity contribution in [3.8, 4) is 56.4 Å². The Labute approximate surface area is 315 Å². The zero-order valence-corrected chi connectivity index (χ0v) is 30.1. The molecular weight excluding hydrogens is 655 g/mol. The third-order valence-corrected chi connectivity index (χ3v) is 13.7. The summed E-state index contributed by atoms with van der Waals surface area (Å²) in [5, 5.41) is 4.96. The van der Waals surface area contributed by atoms with Crippen molar-refractivity contribution >= 4 is 21.5 Å². The molecule has 4 bridgehead atoms. The lowest BCUT2D eigenvalue weighted by molar-refractivity contribution is -0.0398. The Balaban J connectivity index is 1.11. The molecule has 13 rings (SSSR count). The average molecular weight is 694 g/mol. The van der Waals surface area contributed by atoms with E-state index in [9.17, 15) is 0 Å². The van der Waals surface area contributed by atoms with E-state index in [1.165, 1.54) is 76.1 Å². The molecule has 0 unspecified atom stereocenters. The summed E-state index contributed by atoms with van der Waals surface area (Å²) >= 11 is 0. The average Bonchev–Trinajstić information content (AvgIpc) is 3.51. The maximum absolute atomic E-state index is 5.43. The lowest BCUT2D eigenvalue weighted by Crippen LogP contribution is -2.55. The number of hydrogen-bond donors (Lipinski definition) is 0. The quantitative estimate of drug-likeness (QED) is 0.184. The van der Waals surface area contributed by atoms with Crippen LogP contribution in [0.15, 0.2) is 152 Å². The van der Waals surface area contributed by atoms with E-state index in [1.54, 1.807) is 5.56 Å². The molecule has 4 saturated carbocycles. The van der Waals surface area contributed by atoms with Crippen LogP contribution in [0.3, 0.4) is 0 Å². The summed E-state index contributed by atoms with van der Waals surface area (Å²) in [6, 6.07) is 55.3. The molecule has 5 aliphatic rings. The van der Waals surface area contributed by atoms with Crippen LogP contribution < -0.4 is 0 Å². The van der Waals surface area contributed by atoms with Crippen LogP contribution in [0.5, 0.6) is 0 Å². The van der Waals surface area contributed by atoms with Crippen LogP contribution in [0.1, 0.15) is 43.2 Å². The standard InChI is InChI=1S/C51H39N3/c1-2-10-33(11-3-1)34-20-22-36(23-21-34)48-52-49(42-17-8-15-35-12-6-7-16-41(35)42)54-50(53-48)43-18-9-19-45-47(43)44-29-37-13-4-5-14-38(37)30-46(44)51(45)39-25-31-24-32(27-39)28-40(51)26-31/h1-23,29-32,39-40H,24-28H2. The highest BCUT2D eigenvalue weighted by Gasteiger charge is 2.61. The van der Waals surface area contributed by atoms with Crippen molar-refractivity contribution in [3.63, 3.8) is 0 Å². The predicted octanol–water partition coefficient (Wildman–Crippen LogP) is 12.6. The van der Waals surface area contributed by atoms with Crippen LogP contribution in [0.25, 0.3) is 78.0 Å². The van der Waals surface area contributed by atoms with Gasteiger partial charge in [0.2, 0.25) is 0 Å².